The van der Waals surface area contributed by atoms with Gasteiger partial charge < -0.3 is 24.5 Å². The van der Waals surface area contributed by atoms with Gasteiger partial charge in [0.15, 0.2) is 5.84 Å². The average molecular weight is 406 g/mol. The third kappa shape index (κ3) is 4.04. The van der Waals surface area contributed by atoms with E-state index in [0.29, 0.717) is 37.6 Å². The van der Waals surface area contributed by atoms with Crippen molar-refractivity contribution < 1.29 is 23.9 Å². The molecule has 0 spiro atoms. The van der Waals surface area contributed by atoms with Crippen molar-refractivity contribution in [3.05, 3.63) is 24.0 Å². The molecular weight excluding hydrogens is 383 g/mol. The number of nitrogens with zero attached hydrogens (tertiary/aromatic N) is 6. The first-order valence-electron chi connectivity index (χ1n) is 9.39. The van der Waals surface area contributed by atoms with E-state index >= 15 is 0 Å². The minimum absolute atomic E-state index is 0.191. The van der Waals surface area contributed by atoms with Crippen LogP contribution in [0, 0.1) is 5.82 Å². The van der Waals surface area contributed by atoms with Crippen LogP contribution in [0.5, 0.6) is 0 Å². The molecule has 1 saturated heterocycles. The molecule has 1 amide bonds. The van der Waals surface area contributed by atoms with E-state index in [1.165, 1.54) is 11.0 Å². The molecule has 29 heavy (non-hydrogen) atoms. The van der Waals surface area contributed by atoms with Gasteiger partial charge in [-0.1, -0.05) is 5.16 Å². The third-order valence-electron chi connectivity index (χ3n) is 5.04. The summed E-state index contributed by atoms with van der Waals surface area (Å²) in [6.45, 7) is 2.95. The molecule has 0 aliphatic carbocycles. The predicted octanol–water partition coefficient (Wildman–Crippen LogP) is 0.484. The van der Waals surface area contributed by atoms with Crippen molar-refractivity contribution >= 4 is 29.6 Å². The number of amidine groups is 1. The summed E-state index contributed by atoms with van der Waals surface area (Å²) in [6.07, 6.45) is 0.396. The maximum atomic E-state index is 14.7. The fourth-order valence-electron chi connectivity index (χ4n) is 3.31. The van der Waals surface area contributed by atoms with E-state index in [9.17, 15) is 9.18 Å². The smallest absolute Gasteiger partial charge is 0.414 e. The molecule has 0 bridgehead atoms. The highest BCUT2D eigenvalue weighted by atomic mass is 19.1. The number of aliphatic hydroxyl groups is 1. The lowest BCUT2D eigenvalue weighted by Gasteiger charge is -2.32. The van der Waals surface area contributed by atoms with Gasteiger partial charge in [0, 0.05) is 13.6 Å². The molecule has 0 aromatic heterocycles. The van der Waals surface area contributed by atoms with E-state index in [1.54, 1.807) is 23.4 Å². The standard InChI is InChI=1S/C18H23FN6O4/c1-22-6-7-28-21-17(22)10-24-5-4-23(12-20-24)16-3-2-13(8-15(16)19)25-9-14(11-26)29-18(25)27/h2-3,8,12,14,26H,4-7,9-11H2,1H3/t14-/m1/s1. The maximum absolute atomic E-state index is 14.7. The van der Waals surface area contributed by atoms with Crippen molar-refractivity contribution in [1.82, 2.24) is 9.91 Å². The van der Waals surface area contributed by atoms with E-state index in [1.807, 2.05) is 17.0 Å². The number of anilines is 2. The number of hydrogen-bond acceptors (Lipinski definition) is 9. The van der Waals surface area contributed by atoms with Gasteiger partial charge in [-0.25, -0.2) is 9.18 Å². The molecule has 0 saturated carbocycles. The zero-order valence-electron chi connectivity index (χ0n) is 16.1. The van der Waals surface area contributed by atoms with Gasteiger partial charge in [0.2, 0.25) is 0 Å². The van der Waals surface area contributed by atoms with Crippen LogP contribution in [-0.2, 0) is 9.57 Å². The molecule has 1 fully saturated rings. The van der Waals surface area contributed by atoms with Gasteiger partial charge in [-0.05, 0) is 18.2 Å². The Bertz CT molecular complexity index is 835. The second kappa shape index (κ2) is 8.11. The van der Waals surface area contributed by atoms with E-state index in [4.69, 9.17) is 14.7 Å². The Morgan fingerprint density at radius 3 is 2.83 bits per heavy atom. The fourth-order valence-corrected chi connectivity index (χ4v) is 3.31. The second-order valence-corrected chi connectivity index (χ2v) is 7.01. The second-order valence-electron chi connectivity index (χ2n) is 7.01. The Hall–Kier alpha value is -3.08. The van der Waals surface area contributed by atoms with Crippen LogP contribution in [0.1, 0.15) is 0 Å². The number of rotatable bonds is 5. The monoisotopic (exact) mass is 406 g/mol. The molecule has 3 aliphatic heterocycles. The summed E-state index contributed by atoms with van der Waals surface area (Å²) in [5, 5.41) is 19.4. The largest absolute Gasteiger partial charge is 0.441 e. The van der Waals surface area contributed by atoms with E-state index < -0.39 is 18.0 Å². The van der Waals surface area contributed by atoms with Gasteiger partial charge in [-0.3, -0.25) is 9.91 Å². The van der Waals surface area contributed by atoms with Crippen LogP contribution >= 0.6 is 0 Å². The van der Waals surface area contributed by atoms with Gasteiger partial charge in [0.25, 0.3) is 0 Å². The number of halogens is 1. The first-order valence-corrected chi connectivity index (χ1v) is 9.39. The van der Waals surface area contributed by atoms with Gasteiger partial charge in [0.05, 0.1) is 44.2 Å². The molecule has 11 heteroatoms. The average Bonchev–Trinajstić information content (AvgIpc) is 3.11. The summed E-state index contributed by atoms with van der Waals surface area (Å²) in [5.74, 6) is 0.337. The lowest BCUT2D eigenvalue weighted by Crippen LogP contribution is -2.45. The Labute approximate surface area is 167 Å². The van der Waals surface area contributed by atoms with Crippen LogP contribution in [0.4, 0.5) is 20.6 Å². The van der Waals surface area contributed by atoms with Crippen LogP contribution in [0.15, 0.2) is 28.5 Å². The van der Waals surface area contributed by atoms with Crippen molar-refractivity contribution in [2.24, 2.45) is 10.3 Å². The Balaban J connectivity index is 1.42. The number of cyclic esters (lactones) is 1. The molecule has 0 unspecified atom stereocenters. The predicted molar refractivity (Wildman–Crippen MR) is 105 cm³/mol. The van der Waals surface area contributed by atoms with Gasteiger partial charge in [-0.15, -0.1) is 0 Å². The zero-order valence-corrected chi connectivity index (χ0v) is 16.1. The molecular formula is C18H23FN6O4. The van der Waals surface area contributed by atoms with E-state index in [-0.39, 0.29) is 13.2 Å². The van der Waals surface area contributed by atoms with Crippen LogP contribution in [0.2, 0.25) is 0 Å². The first kappa shape index (κ1) is 19.2. The number of aliphatic hydroxyl groups excluding tert-OH is 1. The number of carbonyl (C=O) groups is 1. The van der Waals surface area contributed by atoms with Crippen LogP contribution in [-0.4, -0.2) is 92.4 Å². The van der Waals surface area contributed by atoms with Crippen molar-refractivity contribution in [3.63, 3.8) is 0 Å². The number of hydrazone groups is 1. The number of amides is 1. The SMILES string of the molecule is CN1CCON=C1CN1CCN(c2ccc(N3C[C@H](CO)OC3=O)cc2F)C=N1. The fraction of sp³-hybridized carbons (Fsp3) is 0.500. The minimum Gasteiger partial charge on any atom is -0.441 e. The van der Waals surface area contributed by atoms with Crippen LogP contribution < -0.4 is 9.80 Å². The maximum Gasteiger partial charge on any atom is 0.414 e. The van der Waals surface area contributed by atoms with Crippen molar-refractivity contribution in [3.8, 4) is 0 Å². The van der Waals surface area contributed by atoms with Crippen LogP contribution in [0.3, 0.4) is 0 Å². The molecule has 4 rings (SSSR count). The molecule has 3 aliphatic rings. The number of likely N-dealkylation sites (N-methyl/N-ethyl adjacent to an activating group) is 1. The summed E-state index contributed by atoms with van der Waals surface area (Å²) < 4.78 is 19.7. The van der Waals surface area contributed by atoms with E-state index in [2.05, 4.69) is 10.3 Å². The van der Waals surface area contributed by atoms with Crippen LogP contribution in [0.25, 0.3) is 0 Å². The Kier molecular flexibility index (Phi) is 5.38. The molecule has 3 heterocycles. The Morgan fingerprint density at radius 2 is 2.17 bits per heavy atom. The normalized spacial score (nSPS) is 22.0. The molecule has 10 nitrogen and oxygen atoms in total. The number of benzene rings is 1. The third-order valence-corrected chi connectivity index (χ3v) is 5.04. The summed E-state index contributed by atoms with van der Waals surface area (Å²) >= 11 is 0. The summed E-state index contributed by atoms with van der Waals surface area (Å²) in [5.41, 5.74) is 0.764. The van der Waals surface area contributed by atoms with Crippen molar-refractivity contribution in [1.29, 1.82) is 0 Å². The number of oxime groups is 1. The number of carbonyl (C=O) groups excluding carboxylic acids is 1. The summed E-state index contributed by atoms with van der Waals surface area (Å²) in [7, 11) is 1.96. The lowest BCUT2D eigenvalue weighted by atomic mass is 10.2. The summed E-state index contributed by atoms with van der Waals surface area (Å²) in [4.78, 5) is 22.1. The molecule has 0 radical (unpaired) electrons. The zero-order chi connectivity index (χ0) is 20.4. The molecule has 1 N–H and O–H groups in total. The van der Waals surface area contributed by atoms with Gasteiger partial charge >= 0.3 is 6.09 Å². The highest BCUT2D eigenvalue weighted by Crippen LogP contribution is 2.28. The lowest BCUT2D eigenvalue weighted by molar-refractivity contribution is 0.0963. The molecule has 156 valence electrons. The van der Waals surface area contributed by atoms with Gasteiger partial charge in [-0.2, -0.15) is 5.10 Å². The summed E-state index contributed by atoms with van der Waals surface area (Å²) in [6, 6.07) is 4.56. The number of hydrogen-bond donors (Lipinski definition) is 1. The van der Waals surface area contributed by atoms with Crippen molar-refractivity contribution in [2.75, 3.05) is 62.8 Å². The van der Waals surface area contributed by atoms with Crippen molar-refractivity contribution in [2.45, 2.75) is 6.10 Å². The van der Waals surface area contributed by atoms with Gasteiger partial charge in [0.1, 0.15) is 24.9 Å². The minimum atomic E-state index is -0.594. The molecule has 1 aromatic rings. The first-order chi connectivity index (χ1) is 14.0. The Morgan fingerprint density at radius 1 is 1.31 bits per heavy atom. The molecule has 1 aromatic carbocycles. The molecule has 1 atom stereocenters. The highest BCUT2D eigenvalue weighted by molar-refractivity contribution is 5.90. The quantitative estimate of drug-likeness (QED) is 0.760. The highest BCUT2D eigenvalue weighted by Gasteiger charge is 2.32. The van der Waals surface area contributed by atoms with E-state index in [0.717, 1.165) is 12.4 Å². The topological polar surface area (TPSA) is 93.4 Å². The number of ether oxygens (including phenoxy) is 1.